The van der Waals surface area contributed by atoms with Gasteiger partial charge < -0.3 is 14.4 Å². The molecule has 0 aliphatic rings. The number of rotatable bonds is 11. The molecule has 1 radical (unpaired) electrons. The molecule has 6 heteroatoms. The predicted octanol–water partition coefficient (Wildman–Crippen LogP) is 7.80. The summed E-state index contributed by atoms with van der Waals surface area (Å²) >= 11 is 0. The zero-order valence-electron chi connectivity index (χ0n) is 24.5. The largest absolute Gasteiger partial charge is 0.377 e. The first-order valence-corrected chi connectivity index (χ1v) is 13.0. The fourth-order valence-electron chi connectivity index (χ4n) is 4.21. The first-order valence-electron chi connectivity index (χ1n) is 13.0. The van der Waals surface area contributed by atoms with Crippen molar-refractivity contribution >= 4 is 25.6 Å². The zero-order chi connectivity index (χ0) is 26.7. The summed E-state index contributed by atoms with van der Waals surface area (Å²) in [6, 6.07) is 23.2. The summed E-state index contributed by atoms with van der Waals surface area (Å²) < 4.78 is 0. The van der Waals surface area contributed by atoms with Gasteiger partial charge in [0.15, 0.2) is 0 Å². The quantitative estimate of drug-likeness (QED) is 0.221. The van der Waals surface area contributed by atoms with Gasteiger partial charge in [0, 0.05) is 33.1 Å². The van der Waals surface area contributed by atoms with Gasteiger partial charge in [-0.3, -0.25) is 0 Å². The Bertz CT molecular complexity index is 818. The van der Waals surface area contributed by atoms with Crippen LogP contribution in [0.1, 0.15) is 69.2 Å². The third-order valence-corrected chi connectivity index (χ3v) is 6.06. The third-order valence-electron chi connectivity index (χ3n) is 6.06. The van der Waals surface area contributed by atoms with E-state index in [9.17, 15) is 0 Å². The molecule has 2 aromatic carbocycles. The van der Waals surface area contributed by atoms with E-state index in [0.29, 0.717) is 24.2 Å². The molecule has 0 spiro atoms. The number of hydrogen-bond acceptors (Lipinski definition) is 3. The number of anilines is 2. The van der Waals surface area contributed by atoms with Crippen molar-refractivity contribution in [1.29, 1.82) is 0 Å². The molecular weight excluding hydrogens is 472 g/mol. The first kappa shape index (κ1) is 34.5. The van der Waals surface area contributed by atoms with Crippen LogP contribution in [0.5, 0.6) is 0 Å². The Morgan fingerprint density at radius 3 is 1.22 bits per heavy atom. The minimum Gasteiger partial charge on any atom is -0.377 e. The normalized spacial score (nSPS) is 10.9. The Balaban J connectivity index is 0.00000156. The number of allylic oxidation sites excluding steroid dienone is 2. The number of nitrogens with zero attached hydrogens (tertiary/aromatic N) is 3. The average Bonchev–Trinajstić information content (AvgIpc) is 2.78. The predicted molar refractivity (Wildman–Crippen MR) is 160 cm³/mol. The van der Waals surface area contributed by atoms with Crippen LogP contribution in [0.25, 0.3) is 0 Å². The second-order valence-electron chi connectivity index (χ2n) is 10.4. The molecule has 3 nitrogen and oxygen atoms in total. The summed E-state index contributed by atoms with van der Waals surface area (Å²) in [6.45, 7) is 29.6. The maximum absolute atomic E-state index is 3.66. The van der Waals surface area contributed by atoms with Gasteiger partial charge in [-0.2, -0.15) is 0 Å². The summed E-state index contributed by atoms with van der Waals surface area (Å²) in [6.07, 6.45) is 0. The van der Waals surface area contributed by atoms with Crippen molar-refractivity contribution in [2.45, 2.75) is 93.4 Å². The van der Waals surface area contributed by atoms with E-state index in [2.05, 4.69) is 151 Å². The molecule has 0 unspecified atom stereocenters. The molecule has 0 saturated heterocycles. The summed E-state index contributed by atoms with van der Waals surface area (Å²) in [5.74, 6) is 0. The smallest absolute Gasteiger partial charge is 0.318 e. The van der Waals surface area contributed by atoms with Gasteiger partial charge in [0.05, 0.1) is 0 Å². The molecule has 2 aromatic rings. The Labute approximate surface area is 239 Å². The maximum atomic E-state index is 3.66. The van der Waals surface area contributed by atoms with Crippen molar-refractivity contribution in [1.82, 2.24) is 9.62 Å². The molecule has 36 heavy (non-hydrogen) atoms. The van der Waals surface area contributed by atoms with Crippen LogP contribution in [-0.4, -0.2) is 48.0 Å². The second kappa shape index (κ2) is 17.1. The molecule has 193 valence electrons. The Hall–Kier alpha value is -1.52. The Morgan fingerprint density at radius 1 is 0.639 bits per heavy atom. The van der Waals surface area contributed by atoms with Crippen LogP contribution in [0.15, 0.2) is 85.0 Å². The summed E-state index contributed by atoms with van der Waals surface area (Å²) in [5, 5.41) is 0. The summed E-state index contributed by atoms with van der Waals surface area (Å²) in [7, 11) is 2.44. The minimum atomic E-state index is 0. The van der Waals surface area contributed by atoms with Gasteiger partial charge in [0.1, 0.15) is 0 Å². The summed E-state index contributed by atoms with van der Waals surface area (Å²) in [4.78, 5) is 7.55. The standard InChI is InChI=1S/C24H38B2N3.C6H10.Ti/c1-19(2)27(20(3)4)25-26(28(21(5)6)22(7)8)29(23-15-11-9-12-16-23)24-17-13-10-14-18-24;1-5(2)6(3)4;/h9-22H,1-8H3;1,3H2,2,4H3;. The van der Waals surface area contributed by atoms with Gasteiger partial charge in [-0.1, -0.05) is 116 Å². The number of benzene rings is 2. The van der Waals surface area contributed by atoms with Crippen molar-refractivity contribution in [3.63, 3.8) is 0 Å². The van der Waals surface area contributed by atoms with Crippen molar-refractivity contribution < 1.29 is 21.7 Å². The van der Waals surface area contributed by atoms with Crippen molar-refractivity contribution in [3.05, 3.63) is 85.0 Å². The molecule has 0 heterocycles. The summed E-state index contributed by atoms with van der Waals surface area (Å²) in [5.41, 5.74) is 4.54. The van der Waals surface area contributed by atoms with Crippen LogP contribution in [0.4, 0.5) is 11.4 Å². The van der Waals surface area contributed by atoms with Crippen molar-refractivity contribution in [3.8, 4) is 0 Å². The van der Waals surface area contributed by atoms with E-state index in [1.54, 1.807) is 0 Å². The molecule has 0 aliphatic carbocycles. The molecule has 0 amide bonds. The SMILES string of the molecule is C=C(C)C(=C)C.CC(C)N([B]B(N(c1ccccc1)c1ccccc1)N(C(C)C)C(C)C)C(C)C.[Ti]. The monoisotopic (exact) mass is 520 g/mol. The molecule has 0 aromatic heterocycles. The van der Waals surface area contributed by atoms with E-state index in [1.807, 2.05) is 13.8 Å². The molecule has 0 atom stereocenters. The van der Waals surface area contributed by atoms with E-state index in [0.717, 1.165) is 11.1 Å². The Kier molecular flexibility index (Phi) is 16.4. The van der Waals surface area contributed by atoms with Gasteiger partial charge in [0.2, 0.25) is 7.31 Å². The molecule has 2 rings (SSSR count). The fourth-order valence-corrected chi connectivity index (χ4v) is 4.21. The van der Waals surface area contributed by atoms with Gasteiger partial charge in [-0.05, 0) is 62.3 Å². The van der Waals surface area contributed by atoms with Gasteiger partial charge in [-0.15, -0.1) is 0 Å². The van der Waals surface area contributed by atoms with Crippen molar-refractivity contribution in [2.24, 2.45) is 0 Å². The molecule has 0 N–H and O–H groups in total. The first-order chi connectivity index (χ1) is 16.4. The number of hydrogen-bond donors (Lipinski definition) is 0. The van der Waals surface area contributed by atoms with Crippen molar-refractivity contribution in [2.75, 3.05) is 4.81 Å². The molecule has 0 saturated carbocycles. The van der Waals surface area contributed by atoms with E-state index in [4.69, 9.17) is 0 Å². The van der Waals surface area contributed by atoms with Gasteiger partial charge in [-0.25, -0.2) is 0 Å². The van der Waals surface area contributed by atoms with E-state index in [1.165, 1.54) is 11.4 Å². The van der Waals surface area contributed by atoms with E-state index in [-0.39, 0.29) is 28.6 Å². The molecule has 0 bridgehead atoms. The topological polar surface area (TPSA) is 9.72 Å². The van der Waals surface area contributed by atoms with E-state index >= 15 is 0 Å². The van der Waals surface area contributed by atoms with Crippen LogP contribution in [0.3, 0.4) is 0 Å². The number of para-hydroxylation sites is 2. The minimum absolute atomic E-state index is 0. The van der Waals surface area contributed by atoms with Crippen LogP contribution < -0.4 is 4.81 Å². The second-order valence-corrected chi connectivity index (χ2v) is 10.4. The van der Waals surface area contributed by atoms with Crippen LogP contribution in [0.2, 0.25) is 0 Å². The van der Waals surface area contributed by atoms with Crippen LogP contribution in [-0.2, 0) is 21.7 Å². The average molecular weight is 520 g/mol. The fraction of sp³-hybridized carbons (Fsp3) is 0.467. The maximum Gasteiger partial charge on any atom is 0.318 e. The zero-order valence-corrected chi connectivity index (χ0v) is 26.1. The molecule has 0 fully saturated rings. The molecular formula is C30H48B2N3Ti. The van der Waals surface area contributed by atoms with E-state index < -0.39 is 0 Å². The van der Waals surface area contributed by atoms with Gasteiger partial charge >= 0.3 is 6.87 Å². The molecule has 0 aliphatic heterocycles. The van der Waals surface area contributed by atoms with Crippen LogP contribution >= 0.6 is 0 Å². The van der Waals surface area contributed by atoms with Gasteiger partial charge in [0.25, 0.3) is 0 Å². The third kappa shape index (κ3) is 10.8. The Morgan fingerprint density at radius 2 is 0.972 bits per heavy atom. The van der Waals surface area contributed by atoms with Crippen LogP contribution in [0, 0.1) is 0 Å².